The van der Waals surface area contributed by atoms with Gasteiger partial charge in [0, 0.05) is 10.5 Å². The molecule has 15 heavy (non-hydrogen) atoms. The highest BCUT2D eigenvalue weighted by Crippen LogP contribution is 2.36. The zero-order valence-electron chi connectivity index (χ0n) is 8.82. The fourth-order valence-electron chi connectivity index (χ4n) is 2.17. The molecule has 0 spiro atoms. The third-order valence-corrected chi connectivity index (χ3v) is 3.60. The second kappa shape index (κ2) is 4.62. The normalized spacial score (nSPS) is 19.3. The topological polar surface area (TPSA) is 12.0 Å². The first-order valence-corrected chi connectivity index (χ1v) is 6.23. The Kier molecular flexibility index (Phi) is 3.42. The van der Waals surface area contributed by atoms with Gasteiger partial charge in [-0.3, -0.25) is 0 Å². The van der Waals surface area contributed by atoms with Crippen LogP contribution < -0.4 is 5.32 Å². The molecular formula is C12H15BrFN. The van der Waals surface area contributed by atoms with E-state index in [4.69, 9.17) is 0 Å². The van der Waals surface area contributed by atoms with Crippen LogP contribution >= 0.6 is 15.9 Å². The maximum Gasteiger partial charge on any atom is 0.124 e. The predicted molar refractivity (Wildman–Crippen MR) is 63.5 cm³/mol. The van der Waals surface area contributed by atoms with Crippen molar-refractivity contribution in [2.24, 2.45) is 0 Å². The van der Waals surface area contributed by atoms with Crippen molar-refractivity contribution < 1.29 is 4.39 Å². The molecule has 1 aliphatic rings. The van der Waals surface area contributed by atoms with E-state index in [-0.39, 0.29) is 5.82 Å². The number of fused-ring (bicyclic) bond motifs is 1. The Balaban J connectivity index is 2.25. The Bertz CT molecular complexity index is 365. The van der Waals surface area contributed by atoms with Crippen LogP contribution in [0.2, 0.25) is 0 Å². The molecule has 1 aromatic rings. The van der Waals surface area contributed by atoms with Crippen molar-refractivity contribution in [1.29, 1.82) is 0 Å². The summed E-state index contributed by atoms with van der Waals surface area (Å²) < 4.78 is 14.2. The van der Waals surface area contributed by atoms with Crippen molar-refractivity contribution in [2.75, 3.05) is 6.54 Å². The van der Waals surface area contributed by atoms with Crippen molar-refractivity contribution in [3.8, 4) is 0 Å². The maximum atomic E-state index is 13.3. The van der Waals surface area contributed by atoms with Gasteiger partial charge in [-0.2, -0.15) is 0 Å². The number of nitrogens with one attached hydrogen (secondary N) is 1. The second-order valence-corrected chi connectivity index (χ2v) is 4.86. The second-order valence-electron chi connectivity index (χ2n) is 4.00. The minimum Gasteiger partial charge on any atom is -0.310 e. The molecule has 1 aliphatic carbocycles. The molecule has 0 aromatic heterocycles. The SMILES string of the molecule is CCCNC1CCc2c(Br)cc(F)cc21. The summed E-state index contributed by atoms with van der Waals surface area (Å²) in [5, 5.41) is 3.45. The maximum absolute atomic E-state index is 13.3. The van der Waals surface area contributed by atoms with Gasteiger partial charge in [-0.05, 0) is 49.1 Å². The molecule has 2 rings (SSSR count). The van der Waals surface area contributed by atoms with E-state index in [1.165, 1.54) is 5.56 Å². The number of hydrogen-bond acceptors (Lipinski definition) is 1. The molecule has 1 nitrogen and oxygen atoms in total. The van der Waals surface area contributed by atoms with Crippen LogP contribution in [0.4, 0.5) is 4.39 Å². The predicted octanol–water partition coefficient (Wildman–Crippen LogP) is 3.58. The first kappa shape index (κ1) is 11.1. The zero-order chi connectivity index (χ0) is 10.8. The van der Waals surface area contributed by atoms with Crippen LogP contribution in [0.1, 0.15) is 36.9 Å². The van der Waals surface area contributed by atoms with Gasteiger partial charge in [0.05, 0.1) is 0 Å². The van der Waals surface area contributed by atoms with Crippen LogP contribution in [-0.4, -0.2) is 6.54 Å². The molecule has 1 N–H and O–H groups in total. The molecule has 1 aromatic carbocycles. The summed E-state index contributed by atoms with van der Waals surface area (Å²) in [5.74, 6) is -0.147. The summed E-state index contributed by atoms with van der Waals surface area (Å²) >= 11 is 3.43. The number of hydrogen-bond donors (Lipinski definition) is 1. The van der Waals surface area contributed by atoms with Crippen molar-refractivity contribution in [3.63, 3.8) is 0 Å². The summed E-state index contributed by atoms with van der Waals surface area (Å²) in [7, 11) is 0. The van der Waals surface area contributed by atoms with Gasteiger partial charge in [-0.25, -0.2) is 4.39 Å². The first-order valence-electron chi connectivity index (χ1n) is 5.43. The van der Waals surface area contributed by atoms with Gasteiger partial charge in [-0.1, -0.05) is 22.9 Å². The number of benzene rings is 1. The summed E-state index contributed by atoms with van der Waals surface area (Å²) in [4.78, 5) is 0. The number of halogens is 2. The van der Waals surface area contributed by atoms with Crippen molar-refractivity contribution in [3.05, 3.63) is 33.5 Å². The van der Waals surface area contributed by atoms with E-state index in [0.29, 0.717) is 6.04 Å². The van der Waals surface area contributed by atoms with E-state index < -0.39 is 0 Å². The molecule has 3 heteroatoms. The van der Waals surface area contributed by atoms with E-state index in [0.717, 1.165) is 35.8 Å². The third kappa shape index (κ3) is 2.23. The van der Waals surface area contributed by atoms with Crippen LogP contribution in [0.5, 0.6) is 0 Å². The minimum atomic E-state index is -0.147. The van der Waals surface area contributed by atoms with E-state index in [9.17, 15) is 4.39 Å². The van der Waals surface area contributed by atoms with Crippen molar-refractivity contribution in [2.45, 2.75) is 32.2 Å². The largest absolute Gasteiger partial charge is 0.310 e. The number of rotatable bonds is 3. The van der Waals surface area contributed by atoms with Crippen LogP contribution in [0, 0.1) is 5.82 Å². The van der Waals surface area contributed by atoms with Crippen molar-refractivity contribution >= 4 is 15.9 Å². The van der Waals surface area contributed by atoms with Gasteiger partial charge in [0.15, 0.2) is 0 Å². The Morgan fingerprint density at radius 2 is 2.33 bits per heavy atom. The van der Waals surface area contributed by atoms with E-state index >= 15 is 0 Å². The van der Waals surface area contributed by atoms with E-state index in [2.05, 4.69) is 28.2 Å². The highest BCUT2D eigenvalue weighted by Gasteiger charge is 2.24. The van der Waals surface area contributed by atoms with Gasteiger partial charge in [0.1, 0.15) is 5.82 Å². The van der Waals surface area contributed by atoms with Gasteiger partial charge < -0.3 is 5.32 Å². The lowest BCUT2D eigenvalue weighted by atomic mass is 10.1. The highest BCUT2D eigenvalue weighted by molar-refractivity contribution is 9.10. The molecule has 0 bridgehead atoms. The Morgan fingerprint density at radius 1 is 1.53 bits per heavy atom. The minimum absolute atomic E-state index is 0.147. The molecule has 0 aliphatic heterocycles. The lowest BCUT2D eigenvalue weighted by Crippen LogP contribution is -2.19. The van der Waals surface area contributed by atoms with Gasteiger partial charge >= 0.3 is 0 Å². The molecule has 0 heterocycles. The molecule has 0 saturated heterocycles. The standard InChI is InChI=1S/C12H15BrFN/c1-2-5-15-12-4-3-9-10(12)6-8(14)7-11(9)13/h6-7,12,15H,2-5H2,1H3. The molecule has 0 fully saturated rings. The molecule has 0 saturated carbocycles. The average molecular weight is 272 g/mol. The van der Waals surface area contributed by atoms with Crippen LogP contribution in [0.3, 0.4) is 0 Å². The van der Waals surface area contributed by atoms with Crippen LogP contribution in [0.15, 0.2) is 16.6 Å². The Morgan fingerprint density at radius 3 is 3.07 bits per heavy atom. The molecule has 1 unspecified atom stereocenters. The quantitative estimate of drug-likeness (QED) is 0.886. The molecule has 0 radical (unpaired) electrons. The Hall–Kier alpha value is -0.410. The van der Waals surface area contributed by atoms with Gasteiger partial charge in [0.2, 0.25) is 0 Å². The Labute approximate surface area is 98.2 Å². The summed E-state index contributed by atoms with van der Waals surface area (Å²) in [6.07, 6.45) is 3.23. The molecular weight excluding hydrogens is 257 g/mol. The smallest absolute Gasteiger partial charge is 0.124 e. The van der Waals surface area contributed by atoms with E-state index in [1.807, 2.05) is 0 Å². The van der Waals surface area contributed by atoms with Crippen LogP contribution in [-0.2, 0) is 6.42 Å². The molecule has 82 valence electrons. The van der Waals surface area contributed by atoms with Gasteiger partial charge in [-0.15, -0.1) is 0 Å². The lowest BCUT2D eigenvalue weighted by Gasteiger charge is -2.13. The lowest BCUT2D eigenvalue weighted by molar-refractivity contribution is 0.526. The van der Waals surface area contributed by atoms with E-state index in [1.54, 1.807) is 12.1 Å². The highest BCUT2D eigenvalue weighted by atomic mass is 79.9. The fraction of sp³-hybridized carbons (Fsp3) is 0.500. The summed E-state index contributed by atoms with van der Waals surface area (Å²) in [5.41, 5.74) is 2.40. The molecule has 0 amide bonds. The third-order valence-electron chi connectivity index (χ3n) is 2.89. The molecule has 1 atom stereocenters. The monoisotopic (exact) mass is 271 g/mol. The van der Waals surface area contributed by atoms with Crippen molar-refractivity contribution in [1.82, 2.24) is 5.32 Å². The van der Waals surface area contributed by atoms with Crippen LogP contribution in [0.25, 0.3) is 0 Å². The summed E-state index contributed by atoms with van der Waals surface area (Å²) in [6, 6.07) is 3.56. The summed E-state index contributed by atoms with van der Waals surface area (Å²) in [6.45, 7) is 3.14. The first-order chi connectivity index (χ1) is 7.22. The fourth-order valence-corrected chi connectivity index (χ4v) is 2.82. The van der Waals surface area contributed by atoms with Gasteiger partial charge in [0.25, 0.3) is 0 Å². The zero-order valence-corrected chi connectivity index (χ0v) is 10.4. The average Bonchev–Trinajstić information content (AvgIpc) is 2.58.